The van der Waals surface area contributed by atoms with E-state index in [1.54, 1.807) is 0 Å². The minimum atomic E-state index is 0.274. The first kappa shape index (κ1) is 17.5. The van der Waals surface area contributed by atoms with E-state index in [9.17, 15) is 9.59 Å². The molecule has 3 fully saturated rings. The van der Waals surface area contributed by atoms with Crippen molar-refractivity contribution in [2.24, 2.45) is 11.8 Å². The van der Waals surface area contributed by atoms with Crippen LogP contribution in [0.1, 0.15) is 50.6 Å². The van der Waals surface area contributed by atoms with E-state index in [1.807, 2.05) is 24.4 Å². The smallest absolute Gasteiger partial charge is 0.222 e. The summed E-state index contributed by atoms with van der Waals surface area (Å²) >= 11 is 0. The summed E-state index contributed by atoms with van der Waals surface area (Å²) in [7, 11) is 0. The summed E-state index contributed by atoms with van der Waals surface area (Å²) < 4.78 is 0. The van der Waals surface area contributed by atoms with Crippen molar-refractivity contribution in [2.45, 2.75) is 57.4 Å². The molecule has 5 nitrogen and oxygen atoms in total. The third-order valence-corrected chi connectivity index (χ3v) is 6.29. The molecule has 0 spiro atoms. The molecule has 140 valence electrons. The molecular weight excluding hydrogens is 326 g/mol. The number of nitrogens with zero attached hydrogens (tertiary/aromatic N) is 3. The Morgan fingerprint density at radius 3 is 2.85 bits per heavy atom. The zero-order valence-electron chi connectivity index (χ0n) is 15.5. The summed E-state index contributed by atoms with van der Waals surface area (Å²) in [5.41, 5.74) is 1.04. The Hall–Kier alpha value is -1.91. The molecule has 3 aliphatic rings. The van der Waals surface area contributed by atoms with E-state index in [2.05, 4.69) is 14.8 Å². The quantitative estimate of drug-likeness (QED) is 0.788. The van der Waals surface area contributed by atoms with Crippen LogP contribution >= 0.6 is 0 Å². The van der Waals surface area contributed by atoms with Crippen LogP contribution in [0.25, 0.3) is 0 Å². The fraction of sp³-hybridized carbons (Fsp3) is 0.667. The van der Waals surface area contributed by atoms with Gasteiger partial charge in [-0.25, -0.2) is 0 Å². The minimum absolute atomic E-state index is 0.274. The number of fused-ring (bicyclic) bond motifs is 1. The van der Waals surface area contributed by atoms with Gasteiger partial charge in [0.1, 0.15) is 0 Å². The standard InChI is InChI=1S/C21H29N3O2/c25-20(8-6-16-4-5-16)23-13-11-19-17(15-23)7-9-21(26)24(19)14-10-18-3-1-2-12-22-18/h1-3,12,16-17,19H,4-11,13-15H2/t17-,19+/m1/s1. The van der Waals surface area contributed by atoms with Crippen LogP contribution in [0.5, 0.6) is 0 Å². The van der Waals surface area contributed by atoms with Crippen molar-refractivity contribution in [2.75, 3.05) is 19.6 Å². The number of aromatic nitrogens is 1. The number of carbonyl (C=O) groups excluding carboxylic acids is 2. The third-order valence-electron chi connectivity index (χ3n) is 6.29. The Morgan fingerprint density at radius 1 is 1.19 bits per heavy atom. The summed E-state index contributed by atoms with van der Waals surface area (Å²) in [6.45, 7) is 2.38. The molecular formula is C21H29N3O2. The van der Waals surface area contributed by atoms with E-state index >= 15 is 0 Å². The monoisotopic (exact) mass is 355 g/mol. The summed E-state index contributed by atoms with van der Waals surface area (Å²) in [5, 5.41) is 0. The van der Waals surface area contributed by atoms with Crippen molar-refractivity contribution in [1.29, 1.82) is 0 Å². The zero-order valence-corrected chi connectivity index (χ0v) is 15.5. The average Bonchev–Trinajstić information content (AvgIpc) is 3.50. The number of carbonyl (C=O) groups is 2. The minimum Gasteiger partial charge on any atom is -0.342 e. The highest BCUT2D eigenvalue weighted by molar-refractivity contribution is 5.78. The van der Waals surface area contributed by atoms with Crippen LogP contribution < -0.4 is 0 Å². The van der Waals surface area contributed by atoms with Gasteiger partial charge in [0, 0.05) is 56.8 Å². The Balaban J connectivity index is 1.33. The van der Waals surface area contributed by atoms with Crippen molar-refractivity contribution in [3.8, 4) is 0 Å². The van der Waals surface area contributed by atoms with Crippen molar-refractivity contribution < 1.29 is 9.59 Å². The molecule has 5 heteroatoms. The van der Waals surface area contributed by atoms with Crippen molar-refractivity contribution in [3.05, 3.63) is 30.1 Å². The van der Waals surface area contributed by atoms with Crippen LogP contribution in [0.4, 0.5) is 0 Å². The molecule has 2 amide bonds. The fourth-order valence-corrected chi connectivity index (χ4v) is 4.54. The van der Waals surface area contributed by atoms with E-state index in [4.69, 9.17) is 0 Å². The average molecular weight is 355 g/mol. The normalized spacial score (nSPS) is 25.9. The molecule has 2 atom stereocenters. The summed E-state index contributed by atoms with van der Waals surface area (Å²) in [5.74, 6) is 1.85. The summed E-state index contributed by atoms with van der Waals surface area (Å²) in [6.07, 6.45) is 9.48. The number of hydrogen-bond donors (Lipinski definition) is 0. The van der Waals surface area contributed by atoms with Crippen LogP contribution in [0, 0.1) is 11.8 Å². The Labute approximate surface area is 155 Å². The van der Waals surface area contributed by atoms with Gasteiger partial charge in [-0.05, 0) is 43.2 Å². The van der Waals surface area contributed by atoms with Crippen LogP contribution in [-0.4, -0.2) is 52.3 Å². The first-order valence-electron chi connectivity index (χ1n) is 10.2. The molecule has 1 aliphatic carbocycles. The second-order valence-electron chi connectivity index (χ2n) is 8.13. The second-order valence-corrected chi connectivity index (χ2v) is 8.13. The Morgan fingerprint density at radius 2 is 2.08 bits per heavy atom. The SMILES string of the molecule is O=C(CCC1CC1)N1CC[C@H]2[C@H](CCC(=O)N2CCc2ccccn2)C1. The summed E-state index contributed by atoms with van der Waals surface area (Å²) in [4.78, 5) is 33.5. The van der Waals surface area contributed by atoms with Crippen LogP contribution in [0.3, 0.4) is 0 Å². The lowest BCUT2D eigenvalue weighted by atomic mass is 9.83. The topological polar surface area (TPSA) is 53.5 Å². The highest BCUT2D eigenvalue weighted by Gasteiger charge is 2.40. The van der Waals surface area contributed by atoms with Crippen molar-refractivity contribution in [3.63, 3.8) is 0 Å². The molecule has 26 heavy (non-hydrogen) atoms. The third kappa shape index (κ3) is 4.08. The van der Waals surface area contributed by atoms with Crippen molar-refractivity contribution >= 4 is 11.8 Å². The van der Waals surface area contributed by atoms with Gasteiger partial charge >= 0.3 is 0 Å². The van der Waals surface area contributed by atoms with E-state index in [-0.39, 0.29) is 5.91 Å². The van der Waals surface area contributed by atoms with Gasteiger partial charge in [0.05, 0.1) is 0 Å². The molecule has 1 aromatic rings. The second kappa shape index (κ2) is 7.77. The van der Waals surface area contributed by atoms with Crippen molar-refractivity contribution in [1.82, 2.24) is 14.8 Å². The number of pyridine rings is 1. The molecule has 0 bridgehead atoms. The number of rotatable bonds is 6. The molecule has 4 rings (SSSR count). The lowest BCUT2D eigenvalue weighted by Crippen LogP contribution is -2.57. The van der Waals surface area contributed by atoms with Gasteiger partial charge in [0.25, 0.3) is 0 Å². The van der Waals surface area contributed by atoms with Crippen LogP contribution in [0.2, 0.25) is 0 Å². The van der Waals surface area contributed by atoms with E-state index in [0.717, 1.165) is 56.9 Å². The maximum absolute atomic E-state index is 12.5. The molecule has 0 radical (unpaired) electrons. The maximum Gasteiger partial charge on any atom is 0.222 e. The fourth-order valence-electron chi connectivity index (χ4n) is 4.54. The highest BCUT2D eigenvalue weighted by Crippen LogP contribution is 2.35. The maximum atomic E-state index is 12.5. The molecule has 1 saturated carbocycles. The molecule has 2 saturated heterocycles. The zero-order chi connectivity index (χ0) is 17.9. The largest absolute Gasteiger partial charge is 0.342 e. The highest BCUT2D eigenvalue weighted by atomic mass is 16.2. The Kier molecular flexibility index (Phi) is 5.23. The van der Waals surface area contributed by atoms with Gasteiger partial charge in [-0.15, -0.1) is 0 Å². The predicted octanol–water partition coefficient (Wildman–Crippen LogP) is 2.65. The van der Waals surface area contributed by atoms with Gasteiger partial charge in [0.2, 0.25) is 11.8 Å². The molecule has 2 aliphatic heterocycles. The first-order chi connectivity index (χ1) is 12.7. The molecule has 0 unspecified atom stereocenters. The lowest BCUT2D eigenvalue weighted by molar-refractivity contribution is -0.144. The van der Waals surface area contributed by atoms with Crippen LogP contribution in [0.15, 0.2) is 24.4 Å². The van der Waals surface area contributed by atoms with Crippen LogP contribution in [-0.2, 0) is 16.0 Å². The summed E-state index contributed by atoms with van der Waals surface area (Å²) in [6, 6.07) is 6.23. The van der Waals surface area contributed by atoms with Gasteiger partial charge in [0.15, 0.2) is 0 Å². The number of amides is 2. The van der Waals surface area contributed by atoms with E-state index in [1.165, 1.54) is 12.8 Å². The number of likely N-dealkylation sites (tertiary alicyclic amines) is 2. The van der Waals surface area contributed by atoms with Gasteiger partial charge in [-0.3, -0.25) is 14.6 Å². The Bertz CT molecular complexity index is 644. The molecule has 0 aromatic carbocycles. The van der Waals surface area contributed by atoms with Gasteiger partial charge < -0.3 is 9.80 Å². The van der Waals surface area contributed by atoms with E-state index in [0.29, 0.717) is 30.7 Å². The number of piperidine rings is 2. The van der Waals surface area contributed by atoms with Gasteiger partial charge in [-0.1, -0.05) is 18.9 Å². The lowest BCUT2D eigenvalue weighted by Gasteiger charge is -2.47. The molecule has 1 aromatic heterocycles. The predicted molar refractivity (Wildman–Crippen MR) is 99.3 cm³/mol. The van der Waals surface area contributed by atoms with E-state index < -0.39 is 0 Å². The van der Waals surface area contributed by atoms with Gasteiger partial charge in [-0.2, -0.15) is 0 Å². The molecule has 3 heterocycles. The molecule has 0 N–H and O–H groups in total. The first-order valence-corrected chi connectivity index (χ1v) is 10.2. The number of hydrogen-bond acceptors (Lipinski definition) is 3.